The van der Waals surface area contributed by atoms with E-state index in [1.807, 2.05) is 0 Å². The van der Waals surface area contributed by atoms with Crippen molar-refractivity contribution in [1.29, 1.82) is 0 Å². The Kier molecular flexibility index (Phi) is 5.21. The lowest BCUT2D eigenvalue weighted by molar-refractivity contribution is -0.121. The molecule has 3 rings (SSSR count). The van der Waals surface area contributed by atoms with Gasteiger partial charge in [0.1, 0.15) is 12.3 Å². The van der Waals surface area contributed by atoms with Gasteiger partial charge >= 0.3 is 6.61 Å². The van der Waals surface area contributed by atoms with Crippen LogP contribution in [0.5, 0.6) is 5.75 Å². The molecule has 26 heavy (non-hydrogen) atoms. The van der Waals surface area contributed by atoms with Crippen LogP contribution in [0.4, 0.5) is 8.78 Å². The van der Waals surface area contributed by atoms with Gasteiger partial charge in [-0.2, -0.15) is 8.78 Å². The van der Waals surface area contributed by atoms with Crippen LogP contribution in [0, 0.1) is 0 Å². The third-order valence-electron chi connectivity index (χ3n) is 3.71. The molecule has 2 aromatic carbocycles. The van der Waals surface area contributed by atoms with Crippen molar-refractivity contribution in [3.63, 3.8) is 0 Å². The predicted octanol–water partition coefficient (Wildman–Crippen LogP) is 2.31. The van der Waals surface area contributed by atoms with Crippen LogP contribution in [0.3, 0.4) is 0 Å². The van der Waals surface area contributed by atoms with Gasteiger partial charge in [-0.1, -0.05) is 30.3 Å². The first-order valence-corrected chi connectivity index (χ1v) is 7.78. The summed E-state index contributed by atoms with van der Waals surface area (Å²) in [5.41, 5.74) is 0.629. The monoisotopic (exact) mass is 359 g/mol. The number of alkyl halides is 2. The van der Waals surface area contributed by atoms with Crippen LogP contribution in [0.1, 0.15) is 5.56 Å². The molecular formula is C18H15F2N3O3. The van der Waals surface area contributed by atoms with Crippen LogP contribution in [0.25, 0.3) is 10.9 Å². The normalized spacial score (nSPS) is 10.9. The average molecular weight is 359 g/mol. The van der Waals surface area contributed by atoms with E-state index in [1.165, 1.54) is 17.0 Å². The van der Waals surface area contributed by atoms with Crippen molar-refractivity contribution in [3.05, 3.63) is 70.8 Å². The zero-order valence-corrected chi connectivity index (χ0v) is 13.6. The molecule has 0 bridgehead atoms. The van der Waals surface area contributed by atoms with Crippen LogP contribution < -0.4 is 15.6 Å². The third-order valence-corrected chi connectivity index (χ3v) is 3.71. The van der Waals surface area contributed by atoms with Gasteiger partial charge < -0.3 is 10.1 Å². The number of hydrogen-bond donors (Lipinski definition) is 1. The van der Waals surface area contributed by atoms with Crippen LogP contribution in [-0.2, 0) is 17.9 Å². The number of rotatable bonds is 6. The highest BCUT2D eigenvalue weighted by Gasteiger charge is 2.11. The highest BCUT2D eigenvalue weighted by Crippen LogP contribution is 2.19. The van der Waals surface area contributed by atoms with E-state index in [2.05, 4.69) is 15.0 Å². The maximum Gasteiger partial charge on any atom is 0.387 e. The Morgan fingerprint density at radius 2 is 1.88 bits per heavy atom. The lowest BCUT2D eigenvalue weighted by atomic mass is 10.2. The molecule has 0 aliphatic heterocycles. The van der Waals surface area contributed by atoms with Gasteiger partial charge in [0.2, 0.25) is 5.91 Å². The van der Waals surface area contributed by atoms with Gasteiger partial charge in [-0.05, 0) is 18.2 Å². The molecule has 0 saturated carbocycles. The molecule has 0 aliphatic rings. The smallest absolute Gasteiger partial charge is 0.387 e. The summed E-state index contributed by atoms with van der Waals surface area (Å²) >= 11 is 0. The number of nitrogens with zero attached hydrogens (tertiary/aromatic N) is 2. The SMILES string of the molecule is O=C(Cn1cnc2ccccc2c1=O)NCc1ccccc1OC(F)F. The summed E-state index contributed by atoms with van der Waals surface area (Å²) in [4.78, 5) is 28.6. The first kappa shape index (κ1) is 17.5. The van der Waals surface area contributed by atoms with Crippen molar-refractivity contribution in [2.75, 3.05) is 0 Å². The molecule has 8 heteroatoms. The number of para-hydroxylation sites is 2. The fraction of sp³-hybridized carbons (Fsp3) is 0.167. The van der Waals surface area contributed by atoms with Crippen molar-refractivity contribution < 1.29 is 18.3 Å². The Balaban J connectivity index is 1.69. The summed E-state index contributed by atoms with van der Waals surface area (Å²) in [7, 11) is 0. The van der Waals surface area contributed by atoms with E-state index >= 15 is 0 Å². The van der Waals surface area contributed by atoms with E-state index in [4.69, 9.17) is 0 Å². The molecule has 0 radical (unpaired) electrons. The largest absolute Gasteiger partial charge is 0.434 e. The molecule has 1 N–H and O–H groups in total. The molecule has 0 aliphatic carbocycles. The average Bonchev–Trinajstić information content (AvgIpc) is 2.63. The molecule has 6 nitrogen and oxygen atoms in total. The topological polar surface area (TPSA) is 73.2 Å². The number of carbonyl (C=O) groups is 1. The first-order chi connectivity index (χ1) is 12.5. The van der Waals surface area contributed by atoms with Crippen LogP contribution in [0.15, 0.2) is 59.7 Å². The van der Waals surface area contributed by atoms with E-state index < -0.39 is 12.5 Å². The molecule has 0 spiro atoms. The van der Waals surface area contributed by atoms with E-state index in [0.29, 0.717) is 16.5 Å². The van der Waals surface area contributed by atoms with Crippen molar-refractivity contribution >= 4 is 16.8 Å². The minimum Gasteiger partial charge on any atom is -0.434 e. The number of ether oxygens (including phenoxy) is 1. The molecule has 0 saturated heterocycles. The van der Waals surface area contributed by atoms with Crippen molar-refractivity contribution in [2.24, 2.45) is 0 Å². The molecular weight excluding hydrogens is 344 g/mol. The molecule has 0 atom stereocenters. The van der Waals surface area contributed by atoms with Crippen molar-refractivity contribution in [2.45, 2.75) is 19.7 Å². The van der Waals surface area contributed by atoms with Crippen LogP contribution in [0.2, 0.25) is 0 Å². The van der Waals surface area contributed by atoms with Crippen LogP contribution >= 0.6 is 0 Å². The van der Waals surface area contributed by atoms with Gasteiger partial charge in [-0.3, -0.25) is 14.2 Å². The summed E-state index contributed by atoms with van der Waals surface area (Å²) in [6.45, 7) is -3.18. The fourth-order valence-corrected chi connectivity index (χ4v) is 2.48. The maximum atomic E-state index is 12.4. The fourth-order valence-electron chi connectivity index (χ4n) is 2.48. The van der Waals surface area contributed by atoms with Crippen LogP contribution in [-0.4, -0.2) is 22.1 Å². The highest BCUT2D eigenvalue weighted by atomic mass is 19.3. The number of carbonyl (C=O) groups excluding carboxylic acids is 1. The second kappa shape index (κ2) is 7.73. The number of hydrogen-bond acceptors (Lipinski definition) is 4. The van der Waals surface area contributed by atoms with Crippen molar-refractivity contribution in [3.8, 4) is 5.75 Å². The molecule has 134 valence electrons. The van der Waals surface area contributed by atoms with E-state index in [-0.39, 0.29) is 24.4 Å². The molecule has 0 fully saturated rings. The lowest BCUT2D eigenvalue weighted by Crippen LogP contribution is -2.32. The predicted molar refractivity (Wildman–Crippen MR) is 90.9 cm³/mol. The standard InChI is InChI=1S/C18H15F2N3O3/c19-18(20)26-15-8-4-1-5-12(15)9-21-16(24)10-23-11-22-14-7-3-2-6-13(14)17(23)25/h1-8,11,18H,9-10H2,(H,21,24). The second-order valence-electron chi connectivity index (χ2n) is 5.46. The minimum atomic E-state index is -2.95. The Bertz CT molecular complexity index is 989. The van der Waals surface area contributed by atoms with E-state index in [0.717, 1.165) is 0 Å². The number of aromatic nitrogens is 2. The molecule has 3 aromatic rings. The number of fused-ring (bicyclic) bond motifs is 1. The summed E-state index contributed by atoms with van der Waals surface area (Å²) in [5, 5.41) is 3.00. The summed E-state index contributed by atoms with van der Waals surface area (Å²) in [5.74, 6) is -0.455. The van der Waals surface area contributed by atoms with Gasteiger partial charge in [0.05, 0.1) is 17.2 Å². The number of benzene rings is 2. The Hall–Kier alpha value is -3.29. The molecule has 1 amide bonds. The van der Waals surface area contributed by atoms with E-state index in [1.54, 1.807) is 42.5 Å². The Morgan fingerprint density at radius 1 is 1.15 bits per heavy atom. The summed E-state index contributed by atoms with van der Waals surface area (Å²) in [6.07, 6.45) is 1.30. The van der Waals surface area contributed by atoms with E-state index in [9.17, 15) is 18.4 Å². The number of nitrogens with one attached hydrogen (secondary N) is 1. The summed E-state index contributed by atoms with van der Waals surface area (Å²) < 4.78 is 30.4. The maximum absolute atomic E-state index is 12.4. The zero-order valence-electron chi connectivity index (χ0n) is 13.6. The molecule has 1 aromatic heterocycles. The van der Waals surface area contributed by atoms with Gasteiger partial charge in [-0.15, -0.1) is 0 Å². The van der Waals surface area contributed by atoms with Gasteiger partial charge in [-0.25, -0.2) is 4.98 Å². The lowest BCUT2D eigenvalue weighted by Gasteiger charge is -2.12. The quantitative estimate of drug-likeness (QED) is 0.733. The van der Waals surface area contributed by atoms with Gasteiger partial charge in [0.25, 0.3) is 5.56 Å². The van der Waals surface area contributed by atoms with Gasteiger partial charge in [0.15, 0.2) is 0 Å². The molecule has 0 unspecified atom stereocenters. The summed E-state index contributed by atoms with van der Waals surface area (Å²) in [6, 6.07) is 13.0. The number of amides is 1. The third kappa shape index (κ3) is 4.02. The first-order valence-electron chi connectivity index (χ1n) is 7.78. The minimum absolute atomic E-state index is 0.00249. The zero-order chi connectivity index (χ0) is 18.5. The van der Waals surface area contributed by atoms with Crippen molar-refractivity contribution in [1.82, 2.24) is 14.9 Å². The Morgan fingerprint density at radius 3 is 2.69 bits per heavy atom. The van der Waals surface area contributed by atoms with Gasteiger partial charge in [0, 0.05) is 12.1 Å². The highest BCUT2D eigenvalue weighted by molar-refractivity contribution is 5.78. The number of halogens is 2. The molecule has 1 heterocycles. The Labute approximate surface area is 147 Å². The second-order valence-corrected chi connectivity index (χ2v) is 5.46.